The zero-order chi connectivity index (χ0) is 24.0. The number of carbonyl (C=O) groups is 2. The number of para-hydroxylation sites is 1. The van der Waals surface area contributed by atoms with Crippen LogP contribution < -0.4 is 4.90 Å². The first kappa shape index (κ1) is 22.6. The van der Waals surface area contributed by atoms with Gasteiger partial charge in [-0.05, 0) is 80.8 Å². The molecule has 0 bridgehead atoms. The molecule has 3 saturated carbocycles. The van der Waals surface area contributed by atoms with E-state index in [1.807, 2.05) is 18.2 Å². The third-order valence-corrected chi connectivity index (χ3v) is 11.2. The first-order chi connectivity index (χ1) is 16.1. The van der Waals surface area contributed by atoms with E-state index in [-0.39, 0.29) is 28.9 Å². The third-order valence-electron chi connectivity index (χ3n) is 10.9. The van der Waals surface area contributed by atoms with Gasteiger partial charge in [0.15, 0.2) is 5.78 Å². The van der Waals surface area contributed by atoms with Gasteiger partial charge in [0.25, 0.3) is 0 Å². The summed E-state index contributed by atoms with van der Waals surface area (Å²) in [5.41, 5.74) is 2.29. The molecule has 0 amide bonds. The molecule has 182 valence electrons. The number of hydrogen-bond donors (Lipinski definition) is 0. The SMILES string of the molecule is CC(=O)O[C@H]1CC[C@@]2(C)C(=CC[C@@H]3[C@@H]2CC[C@@]2(C)[C@H]3C[C@H]3N(c4ccccc4Cl)[C@]32C(C)=O)C1. The van der Waals surface area contributed by atoms with Crippen LogP contribution in [-0.4, -0.2) is 29.4 Å². The molecule has 0 aromatic heterocycles. The molecule has 0 N–H and O–H groups in total. The third kappa shape index (κ3) is 2.72. The molecular weight excluding hydrogens is 446 g/mol. The summed E-state index contributed by atoms with van der Waals surface area (Å²) >= 11 is 6.61. The largest absolute Gasteiger partial charge is 0.462 e. The summed E-state index contributed by atoms with van der Waals surface area (Å²) < 4.78 is 5.60. The van der Waals surface area contributed by atoms with Crippen LogP contribution in [0.3, 0.4) is 0 Å². The Kier molecular flexibility index (Phi) is 4.89. The lowest BCUT2D eigenvalue weighted by Gasteiger charge is -2.59. The van der Waals surface area contributed by atoms with Crippen LogP contribution in [0.2, 0.25) is 5.02 Å². The minimum atomic E-state index is -0.411. The van der Waals surface area contributed by atoms with Crippen molar-refractivity contribution in [2.75, 3.05) is 4.90 Å². The molecular formula is C29H36ClNO3. The molecule has 4 fully saturated rings. The van der Waals surface area contributed by atoms with E-state index in [4.69, 9.17) is 16.3 Å². The molecule has 4 nitrogen and oxygen atoms in total. The van der Waals surface area contributed by atoms with E-state index in [0.717, 1.165) is 49.2 Å². The number of ether oxygens (including phenoxy) is 1. The Morgan fingerprint density at radius 2 is 1.85 bits per heavy atom. The number of allylic oxidation sites excluding steroid dienone is 1. The van der Waals surface area contributed by atoms with E-state index in [1.165, 1.54) is 18.9 Å². The van der Waals surface area contributed by atoms with Gasteiger partial charge < -0.3 is 9.64 Å². The van der Waals surface area contributed by atoms with Gasteiger partial charge in [0.05, 0.1) is 16.8 Å². The maximum atomic E-state index is 13.4. The molecule has 1 aromatic carbocycles. The average Bonchev–Trinajstić information content (AvgIpc) is 3.37. The van der Waals surface area contributed by atoms with Gasteiger partial charge in [0, 0.05) is 18.8 Å². The number of fused-ring (bicyclic) bond motifs is 7. The number of ketones is 1. The summed E-state index contributed by atoms with van der Waals surface area (Å²) in [5, 5.41) is 0.744. The molecule has 0 spiro atoms. The van der Waals surface area contributed by atoms with Crippen LogP contribution in [0.5, 0.6) is 0 Å². The first-order valence-electron chi connectivity index (χ1n) is 13.1. The van der Waals surface area contributed by atoms with Gasteiger partial charge in [-0.15, -0.1) is 0 Å². The highest BCUT2D eigenvalue weighted by Gasteiger charge is 2.82. The molecule has 1 heterocycles. The summed E-state index contributed by atoms with van der Waals surface area (Å²) in [6.45, 7) is 8.20. The lowest BCUT2D eigenvalue weighted by atomic mass is 9.46. The van der Waals surface area contributed by atoms with E-state index >= 15 is 0 Å². The van der Waals surface area contributed by atoms with Crippen molar-refractivity contribution in [3.8, 4) is 0 Å². The zero-order valence-electron chi connectivity index (χ0n) is 20.8. The van der Waals surface area contributed by atoms with E-state index in [2.05, 4.69) is 30.9 Å². The van der Waals surface area contributed by atoms with E-state index in [9.17, 15) is 9.59 Å². The van der Waals surface area contributed by atoms with Crippen LogP contribution in [0.1, 0.15) is 72.6 Å². The van der Waals surface area contributed by atoms with Crippen molar-refractivity contribution >= 4 is 29.0 Å². The van der Waals surface area contributed by atoms with Crippen LogP contribution in [0.4, 0.5) is 5.69 Å². The molecule has 5 heteroatoms. The topological polar surface area (TPSA) is 46.4 Å². The van der Waals surface area contributed by atoms with Gasteiger partial charge in [-0.3, -0.25) is 9.59 Å². The van der Waals surface area contributed by atoms with Crippen LogP contribution in [-0.2, 0) is 14.3 Å². The van der Waals surface area contributed by atoms with Gasteiger partial charge in [0.2, 0.25) is 0 Å². The minimum Gasteiger partial charge on any atom is -0.462 e. The summed E-state index contributed by atoms with van der Waals surface area (Å²) in [5.74, 6) is 1.97. The van der Waals surface area contributed by atoms with Crippen LogP contribution in [0.15, 0.2) is 35.9 Å². The standard InChI is InChI=1S/C29H36ClNO3/c1-17(32)29-26(31(29)25-8-6-5-7-24(25)30)16-23-21-10-9-19-15-20(34-18(2)33)11-13-27(19,3)22(21)12-14-28(23,29)4/h5-9,20-23,26H,10-16H2,1-4H3/t20-,21+,22-,23-,26+,27-,28-,29+,31?/m0/s1. The predicted octanol–water partition coefficient (Wildman–Crippen LogP) is 6.36. The van der Waals surface area contributed by atoms with Crippen molar-refractivity contribution in [3.05, 3.63) is 40.9 Å². The van der Waals surface area contributed by atoms with Crippen molar-refractivity contribution < 1.29 is 14.3 Å². The fourth-order valence-electron chi connectivity index (χ4n) is 9.52. The van der Waals surface area contributed by atoms with E-state index in [0.29, 0.717) is 23.5 Å². The Bertz CT molecular complexity index is 1100. The quantitative estimate of drug-likeness (QED) is 0.286. The molecule has 4 aliphatic carbocycles. The van der Waals surface area contributed by atoms with Gasteiger partial charge in [-0.2, -0.15) is 0 Å². The zero-order valence-corrected chi connectivity index (χ0v) is 21.5. The molecule has 1 aliphatic heterocycles. The summed E-state index contributed by atoms with van der Waals surface area (Å²) in [6.07, 6.45) is 9.89. The molecule has 6 rings (SSSR count). The number of nitrogens with zero attached hydrogens (tertiary/aromatic N) is 1. The molecule has 0 unspecified atom stereocenters. The Morgan fingerprint density at radius 1 is 1.09 bits per heavy atom. The summed E-state index contributed by atoms with van der Waals surface area (Å²) in [6, 6.07) is 8.27. The molecule has 34 heavy (non-hydrogen) atoms. The second-order valence-electron chi connectivity index (χ2n) is 12.1. The van der Waals surface area contributed by atoms with Gasteiger partial charge in [-0.1, -0.05) is 49.2 Å². The number of piperidine rings is 1. The highest BCUT2D eigenvalue weighted by Crippen LogP contribution is 2.75. The van der Waals surface area contributed by atoms with Crippen LogP contribution in [0.25, 0.3) is 0 Å². The number of anilines is 1. The molecule has 5 aliphatic rings. The fraction of sp³-hybridized carbons (Fsp3) is 0.655. The normalized spacial score (nSPS) is 44.2. The van der Waals surface area contributed by atoms with Gasteiger partial charge in [-0.25, -0.2) is 0 Å². The van der Waals surface area contributed by atoms with Gasteiger partial charge >= 0.3 is 5.97 Å². The Balaban J connectivity index is 1.32. The minimum absolute atomic E-state index is 0.0273. The fourth-order valence-corrected chi connectivity index (χ4v) is 9.75. The Labute approximate surface area is 208 Å². The lowest BCUT2D eigenvalue weighted by molar-refractivity contribution is -0.149. The monoisotopic (exact) mass is 481 g/mol. The van der Waals surface area contributed by atoms with Crippen molar-refractivity contribution in [1.29, 1.82) is 0 Å². The lowest BCUT2D eigenvalue weighted by Crippen LogP contribution is -2.56. The number of esters is 1. The highest BCUT2D eigenvalue weighted by molar-refractivity contribution is 6.33. The van der Waals surface area contributed by atoms with Crippen molar-refractivity contribution in [2.45, 2.75) is 90.3 Å². The second kappa shape index (κ2) is 7.35. The van der Waals surface area contributed by atoms with Crippen LogP contribution in [0, 0.1) is 28.6 Å². The smallest absolute Gasteiger partial charge is 0.302 e. The summed E-state index contributed by atoms with van der Waals surface area (Å²) in [7, 11) is 0. The Hall–Kier alpha value is -1.81. The average molecular weight is 482 g/mol. The number of hydrogen-bond acceptors (Lipinski definition) is 4. The van der Waals surface area contributed by atoms with Gasteiger partial charge in [0.1, 0.15) is 11.6 Å². The second-order valence-corrected chi connectivity index (χ2v) is 12.5. The van der Waals surface area contributed by atoms with Crippen molar-refractivity contribution in [3.63, 3.8) is 0 Å². The molecule has 1 aromatic rings. The van der Waals surface area contributed by atoms with E-state index in [1.54, 1.807) is 6.92 Å². The van der Waals surface area contributed by atoms with Crippen LogP contribution >= 0.6 is 11.6 Å². The maximum Gasteiger partial charge on any atom is 0.302 e. The molecule has 8 atom stereocenters. The number of benzene rings is 1. The number of carbonyl (C=O) groups excluding carboxylic acids is 2. The van der Waals surface area contributed by atoms with E-state index < -0.39 is 5.54 Å². The highest BCUT2D eigenvalue weighted by atomic mass is 35.5. The number of halogens is 1. The van der Waals surface area contributed by atoms with Crippen molar-refractivity contribution in [2.24, 2.45) is 28.6 Å². The number of rotatable bonds is 3. The number of Topliss-reactive ketones (excluding diaryl/α,β-unsaturated/α-hetero) is 1. The summed E-state index contributed by atoms with van der Waals surface area (Å²) in [4.78, 5) is 27.3. The predicted molar refractivity (Wildman–Crippen MR) is 134 cm³/mol. The maximum absolute atomic E-state index is 13.4. The van der Waals surface area contributed by atoms with Crippen molar-refractivity contribution in [1.82, 2.24) is 0 Å². The molecule has 1 saturated heterocycles. The Morgan fingerprint density at radius 3 is 2.56 bits per heavy atom. The molecule has 0 radical (unpaired) electrons. The first-order valence-corrected chi connectivity index (χ1v) is 13.4.